The number of nitrogens with two attached hydrogens (primary N) is 1. The van der Waals surface area contributed by atoms with Gasteiger partial charge < -0.3 is 9.47 Å². The van der Waals surface area contributed by atoms with Crippen LogP contribution in [0.5, 0.6) is 5.75 Å². The summed E-state index contributed by atoms with van der Waals surface area (Å²) in [5.41, 5.74) is 3.68. The van der Waals surface area contributed by atoms with Gasteiger partial charge in [-0.05, 0) is 25.0 Å². The van der Waals surface area contributed by atoms with Crippen LogP contribution in [0.15, 0.2) is 18.5 Å². The van der Waals surface area contributed by atoms with Crippen LogP contribution in [-0.2, 0) is 4.74 Å². The van der Waals surface area contributed by atoms with E-state index in [-0.39, 0.29) is 6.04 Å². The van der Waals surface area contributed by atoms with Gasteiger partial charge in [0.2, 0.25) is 0 Å². The molecule has 0 aliphatic carbocycles. The topological polar surface area (TPSA) is 69.4 Å². The SMILES string of the molecule is CCCOc1cncc(C(COCC)NN)c1. The molecule has 0 aromatic carbocycles. The Hall–Kier alpha value is -1.17. The molecule has 1 aromatic rings. The first-order valence-electron chi connectivity index (χ1n) is 5.93. The summed E-state index contributed by atoms with van der Waals surface area (Å²) in [6.45, 7) is 5.89. The van der Waals surface area contributed by atoms with E-state index in [9.17, 15) is 0 Å². The first-order valence-corrected chi connectivity index (χ1v) is 5.93. The second kappa shape index (κ2) is 8.00. The van der Waals surface area contributed by atoms with Crippen molar-refractivity contribution in [2.45, 2.75) is 26.3 Å². The van der Waals surface area contributed by atoms with Crippen molar-refractivity contribution in [3.63, 3.8) is 0 Å². The molecule has 0 fully saturated rings. The normalized spacial score (nSPS) is 12.4. The third kappa shape index (κ3) is 4.68. The molecular weight excluding hydrogens is 218 g/mol. The van der Waals surface area contributed by atoms with E-state index < -0.39 is 0 Å². The number of nitrogens with one attached hydrogen (secondary N) is 1. The molecule has 0 radical (unpaired) electrons. The fraction of sp³-hybridized carbons (Fsp3) is 0.583. The highest BCUT2D eigenvalue weighted by atomic mass is 16.5. The maximum atomic E-state index is 5.52. The molecule has 1 heterocycles. The molecule has 0 spiro atoms. The summed E-state index contributed by atoms with van der Waals surface area (Å²) >= 11 is 0. The number of nitrogens with zero attached hydrogens (tertiary/aromatic N) is 1. The molecule has 0 aliphatic rings. The number of ether oxygens (including phenoxy) is 2. The molecule has 0 amide bonds. The van der Waals surface area contributed by atoms with Crippen LogP contribution in [0.3, 0.4) is 0 Å². The Labute approximate surface area is 102 Å². The van der Waals surface area contributed by atoms with Crippen molar-refractivity contribution in [2.24, 2.45) is 5.84 Å². The molecule has 1 rings (SSSR count). The highest BCUT2D eigenvalue weighted by molar-refractivity contribution is 5.26. The molecule has 96 valence electrons. The van der Waals surface area contributed by atoms with Crippen molar-refractivity contribution in [1.29, 1.82) is 0 Å². The fourth-order valence-electron chi connectivity index (χ4n) is 1.40. The van der Waals surface area contributed by atoms with E-state index >= 15 is 0 Å². The van der Waals surface area contributed by atoms with Gasteiger partial charge in [-0.1, -0.05) is 6.92 Å². The van der Waals surface area contributed by atoms with Gasteiger partial charge in [0, 0.05) is 12.8 Å². The Morgan fingerprint density at radius 3 is 2.88 bits per heavy atom. The number of hydrogen-bond acceptors (Lipinski definition) is 5. The molecule has 1 unspecified atom stereocenters. The Morgan fingerprint density at radius 2 is 2.24 bits per heavy atom. The fourth-order valence-corrected chi connectivity index (χ4v) is 1.40. The zero-order chi connectivity index (χ0) is 12.5. The van der Waals surface area contributed by atoms with Gasteiger partial charge in [-0.15, -0.1) is 0 Å². The number of aromatic nitrogens is 1. The first kappa shape index (κ1) is 13.9. The van der Waals surface area contributed by atoms with Gasteiger partial charge >= 0.3 is 0 Å². The molecule has 3 N–H and O–H groups in total. The Morgan fingerprint density at radius 1 is 1.41 bits per heavy atom. The zero-order valence-corrected chi connectivity index (χ0v) is 10.5. The van der Waals surface area contributed by atoms with Gasteiger partial charge in [-0.2, -0.15) is 0 Å². The predicted octanol–water partition coefficient (Wildman–Crippen LogP) is 1.41. The van der Waals surface area contributed by atoms with Gasteiger partial charge in [-0.25, -0.2) is 0 Å². The monoisotopic (exact) mass is 239 g/mol. The van der Waals surface area contributed by atoms with E-state index in [2.05, 4.69) is 17.3 Å². The van der Waals surface area contributed by atoms with E-state index in [1.165, 1.54) is 0 Å². The molecule has 1 aromatic heterocycles. The maximum absolute atomic E-state index is 5.52. The van der Waals surface area contributed by atoms with Crippen LogP contribution < -0.4 is 16.0 Å². The summed E-state index contributed by atoms with van der Waals surface area (Å²) < 4.78 is 10.9. The molecule has 1 atom stereocenters. The van der Waals surface area contributed by atoms with E-state index in [4.69, 9.17) is 15.3 Å². The summed E-state index contributed by atoms with van der Waals surface area (Å²) in [5.74, 6) is 6.26. The summed E-state index contributed by atoms with van der Waals surface area (Å²) in [6, 6.07) is 1.87. The van der Waals surface area contributed by atoms with Gasteiger partial charge in [0.15, 0.2) is 0 Å². The van der Waals surface area contributed by atoms with Crippen molar-refractivity contribution in [1.82, 2.24) is 10.4 Å². The maximum Gasteiger partial charge on any atom is 0.137 e. The van der Waals surface area contributed by atoms with Gasteiger partial charge in [-0.3, -0.25) is 16.3 Å². The lowest BCUT2D eigenvalue weighted by Gasteiger charge is -2.16. The van der Waals surface area contributed by atoms with E-state index in [0.29, 0.717) is 19.8 Å². The molecule has 17 heavy (non-hydrogen) atoms. The molecule has 0 saturated heterocycles. The van der Waals surface area contributed by atoms with Gasteiger partial charge in [0.05, 0.1) is 25.5 Å². The quantitative estimate of drug-likeness (QED) is 0.530. The third-order valence-electron chi connectivity index (χ3n) is 2.30. The molecule has 0 saturated carbocycles. The average Bonchev–Trinajstić information content (AvgIpc) is 2.38. The molecular formula is C12H21N3O2. The molecule has 0 bridgehead atoms. The average molecular weight is 239 g/mol. The standard InChI is InChI=1S/C12H21N3O2/c1-3-5-17-11-6-10(7-14-8-11)12(15-13)9-16-4-2/h6-8,12,15H,3-5,9,13H2,1-2H3. The second-order valence-corrected chi connectivity index (χ2v) is 3.68. The highest BCUT2D eigenvalue weighted by Gasteiger charge is 2.10. The van der Waals surface area contributed by atoms with E-state index in [1.807, 2.05) is 13.0 Å². The Balaban J connectivity index is 2.66. The van der Waals surface area contributed by atoms with Crippen molar-refractivity contribution in [3.8, 4) is 5.75 Å². The molecule has 0 aliphatic heterocycles. The minimum absolute atomic E-state index is 0.0624. The van der Waals surface area contributed by atoms with Crippen LogP contribution in [0, 0.1) is 0 Å². The summed E-state index contributed by atoms with van der Waals surface area (Å²) in [4.78, 5) is 4.14. The summed E-state index contributed by atoms with van der Waals surface area (Å²) in [5, 5.41) is 0. The largest absolute Gasteiger partial charge is 0.492 e. The third-order valence-corrected chi connectivity index (χ3v) is 2.30. The van der Waals surface area contributed by atoms with E-state index in [1.54, 1.807) is 12.4 Å². The van der Waals surface area contributed by atoms with Crippen LogP contribution >= 0.6 is 0 Å². The van der Waals surface area contributed by atoms with Crippen molar-refractivity contribution in [2.75, 3.05) is 19.8 Å². The summed E-state index contributed by atoms with van der Waals surface area (Å²) in [6.07, 6.45) is 4.44. The summed E-state index contributed by atoms with van der Waals surface area (Å²) in [7, 11) is 0. The number of rotatable bonds is 8. The number of pyridine rings is 1. The van der Waals surface area contributed by atoms with Crippen molar-refractivity contribution < 1.29 is 9.47 Å². The van der Waals surface area contributed by atoms with Crippen LogP contribution in [0.25, 0.3) is 0 Å². The minimum Gasteiger partial charge on any atom is -0.492 e. The Kier molecular flexibility index (Phi) is 6.54. The second-order valence-electron chi connectivity index (χ2n) is 3.68. The van der Waals surface area contributed by atoms with Gasteiger partial charge in [0.1, 0.15) is 5.75 Å². The van der Waals surface area contributed by atoms with Gasteiger partial charge in [0.25, 0.3) is 0 Å². The molecule has 5 heteroatoms. The predicted molar refractivity (Wildman–Crippen MR) is 66.6 cm³/mol. The minimum atomic E-state index is -0.0624. The zero-order valence-electron chi connectivity index (χ0n) is 10.5. The van der Waals surface area contributed by atoms with Crippen molar-refractivity contribution in [3.05, 3.63) is 24.0 Å². The lowest BCUT2D eigenvalue weighted by atomic mass is 10.1. The Bertz CT molecular complexity index is 320. The molecule has 5 nitrogen and oxygen atoms in total. The number of hydrogen-bond donors (Lipinski definition) is 2. The van der Waals surface area contributed by atoms with Crippen molar-refractivity contribution >= 4 is 0 Å². The van der Waals surface area contributed by atoms with Crippen LogP contribution in [0.1, 0.15) is 31.9 Å². The number of hydrazine groups is 1. The van der Waals surface area contributed by atoms with Crippen LogP contribution in [-0.4, -0.2) is 24.8 Å². The lowest BCUT2D eigenvalue weighted by Crippen LogP contribution is -2.31. The smallest absolute Gasteiger partial charge is 0.137 e. The van der Waals surface area contributed by atoms with E-state index in [0.717, 1.165) is 17.7 Å². The highest BCUT2D eigenvalue weighted by Crippen LogP contribution is 2.17. The lowest BCUT2D eigenvalue weighted by molar-refractivity contribution is 0.123. The first-order chi connectivity index (χ1) is 8.31. The van der Waals surface area contributed by atoms with Crippen LogP contribution in [0.2, 0.25) is 0 Å². The van der Waals surface area contributed by atoms with Crippen LogP contribution in [0.4, 0.5) is 0 Å².